The van der Waals surface area contributed by atoms with Crippen LogP contribution in [0.1, 0.15) is 6.92 Å². The first-order valence-electron chi connectivity index (χ1n) is 4.49. The summed E-state index contributed by atoms with van der Waals surface area (Å²) in [5.74, 6) is 0.826. The summed E-state index contributed by atoms with van der Waals surface area (Å²) in [5, 5.41) is 0.698. The van der Waals surface area contributed by atoms with E-state index < -0.39 is 0 Å². The van der Waals surface area contributed by atoms with E-state index in [1.54, 1.807) is 11.8 Å². The fraction of sp³-hybridized carbons (Fsp3) is 0.300. The molecule has 1 aromatic carbocycles. The second-order valence-corrected chi connectivity index (χ2v) is 4.21. The highest BCUT2D eigenvalue weighted by atomic mass is 32.2. The SMILES string of the molecule is CC(N)CSc1nc2ccccc2o1. The summed E-state index contributed by atoms with van der Waals surface area (Å²) in [6, 6.07) is 7.90. The molecule has 0 radical (unpaired) electrons. The quantitative estimate of drug-likeness (QED) is 0.786. The number of rotatable bonds is 3. The predicted octanol–water partition coefficient (Wildman–Crippen LogP) is 2.27. The monoisotopic (exact) mass is 208 g/mol. The van der Waals surface area contributed by atoms with Crippen LogP contribution < -0.4 is 5.73 Å². The van der Waals surface area contributed by atoms with E-state index in [0.717, 1.165) is 16.9 Å². The number of benzene rings is 1. The molecule has 2 N–H and O–H groups in total. The number of fused-ring (bicyclic) bond motifs is 1. The molecule has 4 heteroatoms. The van der Waals surface area contributed by atoms with Crippen molar-refractivity contribution in [2.24, 2.45) is 5.73 Å². The molecular weight excluding hydrogens is 196 g/mol. The Bertz CT molecular complexity index is 392. The molecular formula is C10H12N2OS. The van der Waals surface area contributed by atoms with Crippen molar-refractivity contribution in [2.45, 2.75) is 18.2 Å². The van der Waals surface area contributed by atoms with Crippen molar-refractivity contribution in [2.75, 3.05) is 5.75 Å². The van der Waals surface area contributed by atoms with Crippen LogP contribution in [-0.2, 0) is 0 Å². The molecule has 2 rings (SSSR count). The first-order valence-corrected chi connectivity index (χ1v) is 5.48. The summed E-state index contributed by atoms with van der Waals surface area (Å²) < 4.78 is 5.51. The van der Waals surface area contributed by atoms with E-state index in [1.807, 2.05) is 31.2 Å². The van der Waals surface area contributed by atoms with E-state index in [-0.39, 0.29) is 6.04 Å². The fourth-order valence-corrected chi connectivity index (χ4v) is 1.83. The topological polar surface area (TPSA) is 52.0 Å². The van der Waals surface area contributed by atoms with Crippen molar-refractivity contribution in [3.8, 4) is 0 Å². The molecule has 0 saturated heterocycles. The molecule has 1 aromatic heterocycles. The zero-order valence-electron chi connectivity index (χ0n) is 7.93. The molecule has 2 aromatic rings. The van der Waals surface area contributed by atoms with Gasteiger partial charge in [0.2, 0.25) is 0 Å². The van der Waals surface area contributed by atoms with Gasteiger partial charge in [-0.15, -0.1) is 0 Å². The maximum atomic E-state index is 5.64. The van der Waals surface area contributed by atoms with Gasteiger partial charge >= 0.3 is 0 Å². The van der Waals surface area contributed by atoms with Crippen molar-refractivity contribution in [1.82, 2.24) is 4.98 Å². The lowest BCUT2D eigenvalue weighted by atomic mass is 10.3. The zero-order valence-corrected chi connectivity index (χ0v) is 8.75. The molecule has 0 amide bonds. The average molecular weight is 208 g/mol. The molecule has 0 fully saturated rings. The normalized spacial score (nSPS) is 13.3. The van der Waals surface area contributed by atoms with Gasteiger partial charge in [0.15, 0.2) is 5.58 Å². The summed E-state index contributed by atoms with van der Waals surface area (Å²) in [7, 11) is 0. The van der Waals surface area contributed by atoms with Gasteiger partial charge < -0.3 is 10.2 Å². The zero-order chi connectivity index (χ0) is 9.97. The van der Waals surface area contributed by atoms with Gasteiger partial charge in [0.1, 0.15) is 5.52 Å². The minimum absolute atomic E-state index is 0.162. The van der Waals surface area contributed by atoms with Gasteiger partial charge in [-0.25, -0.2) is 4.98 Å². The van der Waals surface area contributed by atoms with Crippen LogP contribution in [0.5, 0.6) is 0 Å². The number of hydrogen-bond donors (Lipinski definition) is 1. The highest BCUT2D eigenvalue weighted by molar-refractivity contribution is 7.99. The third kappa shape index (κ3) is 2.08. The maximum Gasteiger partial charge on any atom is 0.256 e. The van der Waals surface area contributed by atoms with Crippen LogP contribution in [0.3, 0.4) is 0 Å². The lowest BCUT2D eigenvalue weighted by Gasteiger charge is -1.99. The number of oxazole rings is 1. The Balaban J connectivity index is 2.19. The Hall–Kier alpha value is -1.00. The van der Waals surface area contributed by atoms with E-state index in [4.69, 9.17) is 10.2 Å². The van der Waals surface area contributed by atoms with Gasteiger partial charge in [-0.2, -0.15) is 0 Å². The first kappa shape index (κ1) is 9.55. The second kappa shape index (κ2) is 4.02. The van der Waals surface area contributed by atoms with E-state index in [1.165, 1.54) is 0 Å². The van der Waals surface area contributed by atoms with E-state index in [2.05, 4.69) is 4.98 Å². The van der Waals surface area contributed by atoms with E-state index in [0.29, 0.717) is 5.22 Å². The fourth-order valence-electron chi connectivity index (χ4n) is 1.12. The highest BCUT2D eigenvalue weighted by Crippen LogP contribution is 2.23. The van der Waals surface area contributed by atoms with Gasteiger partial charge in [0.25, 0.3) is 5.22 Å². The second-order valence-electron chi connectivity index (χ2n) is 3.24. The Labute approximate surface area is 86.7 Å². The van der Waals surface area contributed by atoms with Gasteiger partial charge in [-0.05, 0) is 19.1 Å². The summed E-state index contributed by atoms with van der Waals surface area (Å²) in [6.07, 6.45) is 0. The minimum Gasteiger partial charge on any atom is -0.431 e. The van der Waals surface area contributed by atoms with Crippen LogP contribution in [0.2, 0.25) is 0 Å². The van der Waals surface area contributed by atoms with Crippen LogP contribution in [0.15, 0.2) is 33.9 Å². The molecule has 1 heterocycles. The van der Waals surface area contributed by atoms with Crippen molar-refractivity contribution in [1.29, 1.82) is 0 Å². The van der Waals surface area contributed by atoms with E-state index >= 15 is 0 Å². The van der Waals surface area contributed by atoms with Crippen molar-refractivity contribution < 1.29 is 4.42 Å². The highest BCUT2D eigenvalue weighted by Gasteiger charge is 2.05. The van der Waals surface area contributed by atoms with Crippen LogP contribution in [0, 0.1) is 0 Å². The molecule has 0 aliphatic heterocycles. The Morgan fingerprint density at radius 2 is 2.29 bits per heavy atom. The van der Waals surface area contributed by atoms with Crippen LogP contribution in [0.4, 0.5) is 0 Å². The Kier molecular flexibility index (Phi) is 2.74. The van der Waals surface area contributed by atoms with Gasteiger partial charge in [-0.3, -0.25) is 0 Å². The Morgan fingerprint density at radius 1 is 1.50 bits per heavy atom. The Morgan fingerprint density at radius 3 is 3.00 bits per heavy atom. The largest absolute Gasteiger partial charge is 0.431 e. The van der Waals surface area contributed by atoms with Crippen LogP contribution >= 0.6 is 11.8 Å². The number of hydrogen-bond acceptors (Lipinski definition) is 4. The third-order valence-electron chi connectivity index (χ3n) is 1.74. The van der Waals surface area contributed by atoms with Crippen molar-refractivity contribution >= 4 is 22.9 Å². The van der Waals surface area contributed by atoms with Crippen molar-refractivity contribution in [3.63, 3.8) is 0 Å². The molecule has 0 bridgehead atoms. The number of nitrogens with two attached hydrogens (primary N) is 1. The van der Waals surface area contributed by atoms with Crippen LogP contribution in [-0.4, -0.2) is 16.8 Å². The molecule has 0 aliphatic carbocycles. The standard InChI is InChI=1S/C10H12N2OS/c1-7(11)6-14-10-12-8-4-2-3-5-9(8)13-10/h2-5,7H,6,11H2,1H3. The number of para-hydroxylation sites is 2. The average Bonchev–Trinajstić information content (AvgIpc) is 2.57. The maximum absolute atomic E-state index is 5.64. The van der Waals surface area contributed by atoms with Gasteiger partial charge in [0, 0.05) is 11.8 Å². The number of nitrogens with zero attached hydrogens (tertiary/aromatic N) is 1. The minimum atomic E-state index is 0.162. The molecule has 0 spiro atoms. The first-order chi connectivity index (χ1) is 6.75. The third-order valence-corrected chi connectivity index (χ3v) is 2.86. The molecule has 1 atom stereocenters. The lowest BCUT2D eigenvalue weighted by molar-refractivity contribution is 0.489. The van der Waals surface area contributed by atoms with E-state index in [9.17, 15) is 0 Å². The van der Waals surface area contributed by atoms with Gasteiger partial charge in [-0.1, -0.05) is 23.9 Å². The molecule has 14 heavy (non-hydrogen) atoms. The van der Waals surface area contributed by atoms with Crippen LogP contribution in [0.25, 0.3) is 11.1 Å². The van der Waals surface area contributed by atoms with Gasteiger partial charge in [0.05, 0.1) is 0 Å². The summed E-state index contributed by atoms with van der Waals surface area (Å²) in [5.41, 5.74) is 7.38. The summed E-state index contributed by atoms with van der Waals surface area (Å²) >= 11 is 1.55. The molecule has 0 saturated carbocycles. The molecule has 1 unspecified atom stereocenters. The molecule has 0 aliphatic rings. The lowest BCUT2D eigenvalue weighted by Crippen LogP contribution is -2.17. The molecule has 74 valence electrons. The van der Waals surface area contributed by atoms with Crippen molar-refractivity contribution in [3.05, 3.63) is 24.3 Å². The number of aromatic nitrogens is 1. The summed E-state index contributed by atoms with van der Waals surface area (Å²) in [4.78, 5) is 4.33. The predicted molar refractivity (Wildman–Crippen MR) is 58.4 cm³/mol. The smallest absolute Gasteiger partial charge is 0.256 e. The number of thioether (sulfide) groups is 1. The molecule has 3 nitrogen and oxygen atoms in total. The summed E-state index contributed by atoms with van der Waals surface area (Å²) in [6.45, 7) is 1.97.